The fraction of sp³-hybridized carbons (Fsp3) is 0.136. The molecule has 4 rings (SSSR count). The van der Waals surface area contributed by atoms with E-state index in [0.717, 1.165) is 11.8 Å². The molecule has 0 aliphatic rings. The molecule has 0 saturated carbocycles. The van der Waals surface area contributed by atoms with Crippen molar-refractivity contribution < 1.29 is 17.9 Å². The lowest BCUT2D eigenvalue weighted by Crippen LogP contribution is -2.23. The normalized spacial score (nSPS) is 13.2. The second-order valence-electron chi connectivity index (χ2n) is 7.17. The number of nitrogens with one attached hydrogen (secondary N) is 1. The molecule has 4 aromatic rings. The van der Waals surface area contributed by atoms with Gasteiger partial charge in [-0.1, -0.05) is 12.1 Å². The van der Waals surface area contributed by atoms with Crippen LogP contribution in [0.1, 0.15) is 15.9 Å². The molecule has 0 radical (unpaired) electrons. The van der Waals surface area contributed by atoms with Gasteiger partial charge in [0.2, 0.25) is 0 Å². The van der Waals surface area contributed by atoms with Crippen molar-refractivity contribution >= 4 is 27.2 Å². The highest BCUT2D eigenvalue weighted by Crippen LogP contribution is 2.26. The Morgan fingerprint density at radius 1 is 1.16 bits per heavy atom. The molecule has 0 aliphatic heterocycles. The summed E-state index contributed by atoms with van der Waals surface area (Å²) in [7, 11) is -1.59. The highest BCUT2D eigenvalue weighted by atomic mass is 32.3. The van der Waals surface area contributed by atoms with Crippen LogP contribution in [0.5, 0.6) is 0 Å². The number of amides is 1. The first kappa shape index (κ1) is 20.8. The van der Waals surface area contributed by atoms with Gasteiger partial charge in [0.05, 0.1) is 33.1 Å². The van der Waals surface area contributed by atoms with E-state index in [0.29, 0.717) is 27.9 Å². The number of hydrogen-bond donors (Lipinski definition) is 1. The average Bonchev–Trinajstić information content (AvgIpc) is 3.13. The number of benzene rings is 2. The van der Waals surface area contributed by atoms with Gasteiger partial charge in [-0.05, 0) is 48.0 Å². The maximum atomic E-state index is 13.1. The van der Waals surface area contributed by atoms with E-state index in [-0.39, 0.29) is 23.2 Å². The number of fused-ring (bicyclic) bond motifs is 1. The van der Waals surface area contributed by atoms with Crippen LogP contribution < -0.4 is 5.32 Å². The Bertz CT molecular complexity index is 1310. The first-order valence-corrected chi connectivity index (χ1v) is 11.3. The zero-order valence-corrected chi connectivity index (χ0v) is 17.6. The third kappa shape index (κ3) is 4.37. The third-order valence-corrected chi connectivity index (χ3v) is 6.02. The van der Waals surface area contributed by atoms with Gasteiger partial charge >= 0.3 is 0 Å². The number of halogens is 1. The molecule has 1 amide bonds. The lowest BCUT2D eigenvalue weighted by molar-refractivity contribution is 0.0952. The number of carbonyl (C=O) groups is 1. The van der Waals surface area contributed by atoms with E-state index in [4.69, 9.17) is 0 Å². The van der Waals surface area contributed by atoms with Gasteiger partial charge in [0.15, 0.2) is 10.5 Å². The summed E-state index contributed by atoms with van der Waals surface area (Å²) in [6.07, 6.45) is 2.72. The SMILES string of the molecule is Cn1ncc2c(C(=O)NCc3ccc(F)cc3)cc(-c3ccc([S+](C)(=O)[O-])cc3)nc21. The summed E-state index contributed by atoms with van der Waals surface area (Å²) in [5, 5.41) is 7.63. The number of hydrogen-bond acceptors (Lipinski definition) is 5. The van der Waals surface area contributed by atoms with E-state index >= 15 is 0 Å². The van der Waals surface area contributed by atoms with Crippen LogP contribution in [-0.4, -0.2) is 31.5 Å². The Balaban J connectivity index is 1.69. The van der Waals surface area contributed by atoms with Crippen molar-refractivity contribution in [2.45, 2.75) is 11.4 Å². The van der Waals surface area contributed by atoms with Gasteiger partial charge in [0.25, 0.3) is 5.91 Å². The average molecular weight is 438 g/mol. The molecule has 0 fully saturated rings. The maximum Gasteiger partial charge on any atom is 0.252 e. The van der Waals surface area contributed by atoms with E-state index in [2.05, 4.69) is 15.4 Å². The van der Waals surface area contributed by atoms with E-state index in [9.17, 15) is 17.9 Å². The Hall–Kier alpha value is -3.43. The Labute approximate surface area is 179 Å². The van der Waals surface area contributed by atoms with E-state index < -0.39 is 10.2 Å². The van der Waals surface area contributed by atoms with Crippen LogP contribution in [0.3, 0.4) is 0 Å². The third-order valence-electron chi connectivity index (χ3n) is 4.89. The second kappa shape index (κ2) is 8.01. The number of nitrogens with zero attached hydrogens (tertiary/aromatic N) is 3. The quantitative estimate of drug-likeness (QED) is 0.482. The van der Waals surface area contributed by atoms with Crippen molar-refractivity contribution in [2.75, 3.05) is 6.26 Å². The van der Waals surface area contributed by atoms with Crippen molar-refractivity contribution in [3.05, 3.63) is 77.7 Å². The van der Waals surface area contributed by atoms with Crippen LogP contribution >= 0.6 is 0 Å². The molecule has 9 heteroatoms. The van der Waals surface area contributed by atoms with Crippen molar-refractivity contribution in [1.82, 2.24) is 20.1 Å². The van der Waals surface area contributed by atoms with Crippen LogP contribution in [-0.2, 0) is 28.0 Å². The van der Waals surface area contributed by atoms with Gasteiger partial charge in [-0.25, -0.2) is 9.37 Å². The number of carbonyl (C=O) groups excluding carboxylic acids is 1. The molecule has 0 bridgehead atoms. The lowest BCUT2D eigenvalue weighted by Gasteiger charge is -2.11. The zero-order chi connectivity index (χ0) is 22.2. The predicted octanol–water partition coefficient (Wildman–Crippen LogP) is 3.32. The van der Waals surface area contributed by atoms with E-state index in [1.807, 2.05) is 0 Å². The molecule has 2 heterocycles. The molecule has 1 atom stereocenters. The second-order valence-corrected chi connectivity index (χ2v) is 9.18. The molecule has 0 spiro atoms. The van der Waals surface area contributed by atoms with Crippen molar-refractivity contribution in [3.63, 3.8) is 0 Å². The Kier molecular flexibility index (Phi) is 5.38. The molecular weight excluding hydrogens is 419 g/mol. The Morgan fingerprint density at radius 3 is 2.48 bits per heavy atom. The molecule has 2 aromatic carbocycles. The number of aryl methyl sites for hydroxylation is 1. The van der Waals surface area contributed by atoms with Crippen LogP contribution in [0.2, 0.25) is 0 Å². The molecular formula is C22H19FN4O3S. The molecule has 31 heavy (non-hydrogen) atoms. The summed E-state index contributed by atoms with van der Waals surface area (Å²) < 4.78 is 38.1. The molecule has 1 N–H and O–H groups in total. The standard InChI is InChI=1S/C22H19FN4O3S/c1-27-21-19(13-25-27)18(22(28)24-12-14-3-7-16(23)8-4-14)11-20(26-21)15-5-9-17(10-6-15)31(2,29)30/h3-11,13H,12H2,1-2H3,(H-,24,28,29,30). The number of sulfone groups is 1. The fourth-order valence-corrected chi connectivity index (χ4v) is 3.83. The van der Waals surface area contributed by atoms with Crippen molar-refractivity contribution in [2.24, 2.45) is 7.05 Å². The molecule has 1 unspecified atom stereocenters. The van der Waals surface area contributed by atoms with Gasteiger partial charge in [-0.15, -0.1) is 4.21 Å². The summed E-state index contributed by atoms with van der Waals surface area (Å²) in [5.41, 5.74) is 2.87. The maximum absolute atomic E-state index is 13.1. The molecule has 0 saturated heterocycles. The van der Waals surface area contributed by atoms with Crippen molar-refractivity contribution in [3.8, 4) is 11.3 Å². The molecule has 2 aromatic heterocycles. The number of pyridine rings is 1. The van der Waals surface area contributed by atoms with Crippen LogP contribution in [0, 0.1) is 5.82 Å². The van der Waals surface area contributed by atoms with Gasteiger partial charge in [-0.3, -0.25) is 9.48 Å². The largest absolute Gasteiger partial charge is 0.610 e. The van der Waals surface area contributed by atoms with Crippen LogP contribution in [0.15, 0.2) is 65.7 Å². The highest BCUT2D eigenvalue weighted by Gasteiger charge is 2.18. The number of aromatic nitrogens is 3. The van der Waals surface area contributed by atoms with Gasteiger partial charge in [0.1, 0.15) is 12.1 Å². The Morgan fingerprint density at radius 2 is 1.84 bits per heavy atom. The minimum absolute atomic E-state index is 0.204. The zero-order valence-electron chi connectivity index (χ0n) is 16.8. The molecule has 0 aliphatic carbocycles. The molecule has 7 nitrogen and oxygen atoms in total. The lowest BCUT2D eigenvalue weighted by atomic mass is 10.1. The van der Waals surface area contributed by atoms with Crippen LogP contribution in [0.25, 0.3) is 22.3 Å². The van der Waals surface area contributed by atoms with E-state index in [1.165, 1.54) is 24.3 Å². The first-order valence-electron chi connectivity index (χ1n) is 9.38. The smallest absolute Gasteiger partial charge is 0.252 e. The van der Waals surface area contributed by atoms with Gasteiger partial charge in [-0.2, -0.15) is 5.10 Å². The first-order chi connectivity index (χ1) is 14.7. The predicted molar refractivity (Wildman–Crippen MR) is 115 cm³/mol. The summed E-state index contributed by atoms with van der Waals surface area (Å²) in [4.78, 5) is 17.7. The summed E-state index contributed by atoms with van der Waals surface area (Å²) in [5.74, 6) is -0.661. The van der Waals surface area contributed by atoms with Gasteiger partial charge < -0.3 is 9.87 Å². The van der Waals surface area contributed by atoms with Crippen LogP contribution in [0.4, 0.5) is 4.39 Å². The topological polar surface area (TPSA) is 99.9 Å². The highest BCUT2D eigenvalue weighted by molar-refractivity contribution is 7.97. The molecule has 158 valence electrons. The summed E-state index contributed by atoms with van der Waals surface area (Å²) in [6, 6.07) is 13.9. The minimum Gasteiger partial charge on any atom is -0.610 e. The summed E-state index contributed by atoms with van der Waals surface area (Å²) >= 11 is 0. The minimum atomic E-state index is -3.31. The van der Waals surface area contributed by atoms with Crippen molar-refractivity contribution in [1.29, 1.82) is 0 Å². The monoisotopic (exact) mass is 438 g/mol. The van der Waals surface area contributed by atoms with Gasteiger partial charge in [0, 0.05) is 19.2 Å². The van der Waals surface area contributed by atoms with E-state index in [1.54, 1.807) is 48.3 Å². The fourth-order valence-electron chi connectivity index (χ4n) is 3.20. The summed E-state index contributed by atoms with van der Waals surface area (Å²) in [6.45, 7) is 0.238. The number of rotatable bonds is 5.